The Morgan fingerprint density at radius 3 is 2.82 bits per heavy atom. The number of benzene rings is 1. The lowest BCUT2D eigenvalue weighted by Gasteiger charge is -2.04. The van der Waals surface area contributed by atoms with Crippen LogP contribution in [0.15, 0.2) is 45.1 Å². The van der Waals surface area contributed by atoms with Crippen LogP contribution < -0.4 is 0 Å². The third-order valence-electron chi connectivity index (χ3n) is 2.90. The summed E-state index contributed by atoms with van der Waals surface area (Å²) in [6.07, 6.45) is 5.33. The van der Waals surface area contributed by atoms with Crippen molar-refractivity contribution in [3.8, 4) is 0 Å². The molecule has 1 heterocycles. The van der Waals surface area contributed by atoms with Crippen molar-refractivity contribution < 1.29 is 0 Å². The average Bonchev–Trinajstić information content (AvgIpc) is 2.76. The molecule has 0 N–H and O–H groups in total. The second-order valence-corrected chi connectivity index (χ2v) is 5.97. The van der Waals surface area contributed by atoms with Gasteiger partial charge in [0.1, 0.15) is 16.0 Å². The molecule has 0 fully saturated rings. The minimum absolute atomic E-state index is 0.830. The Morgan fingerprint density at radius 1 is 1.06 bits per heavy atom. The third kappa shape index (κ3) is 2.53. The molecule has 0 amide bonds. The standard InChI is InChI=1S/C13H11BrN2S/c14-12-7-13(16-8-15-12)17-11-5-4-9-2-1-3-10(9)6-11/h4-8H,1-3H2. The number of halogens is 1. The van der Waals surface area contributed by atoms with Crippen molar-refractivity contribution in [2.75, 3.05) is 0 Å². The van der Waals surface area contributed by atoms with Gasteiger partial charge in [-0.2, -0.15) is 0 Å². The molecule has 3 rings (SSSR count). The van der Waals surface area contributed by atoms with Gasteiger partial charge in [-0.25, -0.2) is 9.97 Å². The van der Waals surface area contributed by atoms with Crippen LogP contribution in [0.1, 0.15) is 17.5 Å². The Labute approximate surface area is 113 Å². The lowest BCUT2D eigenvalue weighted by Crippen LogP contribution is -1.85. The highest BCUT2D eigenvalue weighted by atomic mass is 79.9. The first-order valence-corrected chi connectivity index (χ1v) is 7.19. The van der Waals surface area contributed by atoms with Crippen molar-refractivity contribution in [3.05, 3.63) is 46.3 Å². The summed E-state index contributed by atoms with van der Waals surface area (Å²) in [5.41, 5.74) is 3.02. The zero-order chi connectivity index (χ0) is 11.7. The maximum atomic E-state index is 4.25. The summed E-state index contributed by atoms with van der Waals surface area (Å²) in [5, 5.41) is 0.977. The molecule has 17 heavy (non-hydrogen) atoms. The predicted molar refractivity (Wildman–Crippen MR) is 72.3 cm³/mol. The fraction of sp³-hybridized carbons (Fsp3) is 0.231. The maximum Gasteiger partial charge on any atom is 0.118 e. The number of aryl methyl sites for hydroxylation is 2. The van der Waals surface area contributed by atoms with Gasteiger partial charge in [0.2, 0.25) is 0 Å². The normalized spacial score (nSPS) is 13.7. The van der Waals surface area contributed by atoms with Crippen LogP contribution in [0.25, 0.3) is 0 Å². The lowest BCUT2D eigenvalue weighted by molar-refractivity contribution is 0.911. The van der Waals surface area contributed by atoms with Gasteiger partial charge in [0.15, 0.2) is 0 Å². The topological polar surface area (TPSA) is 25.8 Å². The van der Waals surface area contributed by atoms with Crippen molar-refractivity contribution in [1.82, 2.24) is 9.97 Å². The van der Waals surface area contributed by atoms with Crippen molar-refractivity contribution in [2.45, 2.75) is 29.2 Å². The highest BCUT2D eigenvalue weighted by molar-refractivity contribution is 9.10. The van der Waals surface area contributed by atoms with E-state index in [9.17, 15) is 0 Å². The number of nitrogens with zero attached hydrogens (tertiary/aromatic N) is 2. The van der Waals surface area contributed by atoms with Gasteiger partial charge in [-0.3, -0.25) is 0 Å². The quantitative estimate of drug-likeness (QED) is 0.788. The van der Waals surface area contributed by atoms with Crippen molar-refractivity contribution in [3.63, 3.8) is 0 Å². The van der Waals surface area contributed by atoms with E-state index in [1.807, 2.05) is 6.07 Å². The fourth-order valence-corrected chi connectivity index (χ4v) is 3.41. The summed E-state index contributed by atoms with van der Waals surface area (Å²) in [6.45, 7) is 0. The minimum atomic E-state index is 0.830. The van der Waals surface area contributed by atoms with E-state index in [0.717, 1.165) is 9.63 Å². The molecular weight excluding hydrogens is 296 g/mol. The molecule has 0 saturated carbocycles. The monoisotopic (exact) mass is 306 g/mol. The first kappa shape index (κ1) is 11.2. The van der Waals surface area contributed by atoms with E-state index in [0.29, 0.717) is 0 Å². The van der Waals surface area contributed by atoms with Crippen LogP contribution in [-0.4, -0.2) is 9.97 Å². The first-order valence-electron chi connectivity index (χ1n) is 5.58. The molecule has 1 aliphatic carbocycles. The van der Waals surface area contributed by atoms with E-state index in [-0.39, 0.29) is 0 Å². The molecule has 1 aromatic heterocycles. The molecule has 0 unspecified atom stereocenters. The molecule has 0 radical (unpaired) electrons. The van der Waals surface area contributed by atoms with Crippen LogP contribution in [0, 0.1) is 0 Å². The Balaban J connectivity index is 1.86. The third-order valence-corrected chi connectivity index (χ3v) is 4.26. The molecule has 86 valence electrons. The van der Waals surface area contributed by atoms with E-state index in [1.165, 1.54) is 35.3 Å². The van der Waals surface area contributed by atoms with Crippen LogP contribution in [0.5, 0.6) is 0 Å². The van der Waals surface area contributed by atoms with Gasteiger partial charge in [-0.1, -0.05) is 17.8 Å². The number of aromatic nitrogens is 2. The fourth-order valence-electron chi connectivity index (χ4n) is 2.11. The molecule has 1 aromatic carbocycles. The highest BCUT2D eigenvalue weighted by Gasteiger charge is 2.11. The molecule has 0 aliphatic heterocycles. The van der Waals surface area contributed by atoms with Crippen LogP contribution in [0.3, 0.4) is 0 Å². The van der Waals surface area contributed by atoms with Gasteiger partial charge in [0.25, 0.3) is 0 Å². The Hall–Kier alpha value is -0.870. The van der Waals surface area contributed by atoms with E-state index < -0.39 is 0 Å². The predicted octanol–water partition coefficient (Wildman–Crippen LogP) is 3.88. The molecule has 0 saturated heterocycles. The Bertz CT molecular complexity index is 557. The average molecular weight is 307 g/mol. The summed E-state index contributed by atoms with van der Waals surface area (Å²) in [6, 6.07) is 8.67. The molecule has 2 nitrogen and oxygen atoms in total. The van der Waals surface area contributed by atoms with E-state index in [1.54, 1.807) is 18.1 Å². The molecule has 0 atom stereocenters. The molecule has 0 bridgehead atoms. The first-order chi connectivity index (χ1) is 8.31. The summed E-state index contributed by atoms with van der Waals surface area (Å²) < 4.78 is 0.830. The van der Waals surface area contributed by atoms with Crippen LogP contribution in [0.4, 0.5) is 0 Å². The SMILES string of the molecule is Brc1cc(Sc2ccc3c(c2)CCC3)ncn1. The lowest BCUT2D eigenvalue weighted by atomic mass is 10.1. The largest absolute Gasteiger partial charge is 0.230 e. The Kier molecular flexibility index (Phi) is 3.16. The van der Waals surface area contributed by atoms with Crippen molar-refractivity contribution in [2.24, 2.45) is 0 Å². The molecule has 1 aliphatic rings. The zero-order valence-corrected chi connectivity index (χ0v) is 11.6. The van der Waals surface area contributed by atoms with Gasteiger partial charge in [-0.15, -0.1) is 0 Å². The number of rotatable bonds is 2. The summed E-state index contributed by atoms with van der Waals surface area (Å²) in [4.78, 5) is 9.54. The van der Waals surface area contributed by atoms with E-state index >= 15 is 0 Å². The second kappa shape index (κ2) is 4.78. The van der Waals surface area contributed by atoms with Crippen molar-refractivity contribution >= 4 is 27.7 Å². The van der Waals surface area contributed by atoms with Gasteiger partial charge < -0.3 is 0 Å². The van der Waals surface area contributed by atoms with Gasteiger partial charge >= 0.3 is 0 Å². The molecule has 4 heteroatoms. The molecule has 2 aromatic rings. The van der Waals surface area contributed by atoms with Crippen LogP contribution >= 0.6 is 27.7 Å². The van der Waals surface area contributed by atoms with Crippen molar-refractivity contribution in [1.29, 1.82) is 0 Å². The van der Waals surface area contributed by atoms with E-state index in [2.05, 4.69) is 44.1 Å². The molecular formula is C13H11BrN2S. The van der Waals surface area contributed by atoms with Gasteiger partial charge in [-0.05, 0) is 58.5 Å². The van der Waals surface area contributed by atoms with Gasteiger partial charge in [0.05, 0.1) is 0 Å². The molecule has 0 spiro atoms. The van der Waals surface area contributed by atoms with E-state index in [4.69, 9.17) is 0 Å². The summed E-state index contributed by atoms with van der Waals surface area (Å²) in [7, 11) is 0. The number of hydrogen-bond acceptors (Lipinski definition) is 3. The van der Waals surface area contributed by atoms with Crippen LogP contribution in [0.2, 0.25) is 0 Å². The Morgan fingerprint density at radius 2 is 1.94 bits per heavy atom. The number of hydrogen-bond donors (Lipinski definition) is 0. The summed E-state index contributed by atoms with van der Waals surface area (Å²) in [5.74, 6) is 0. The van der Waals surface area contributed by atoms with Gasteiger partial charge in [0, 0.05) is 11.0 Å². The number of fused-ring (bicyclic) bond motifs is 1. The minimum Gasteiger partial charge on any atom is -0.230 e. The second-order valence-electron chi connectivity index (χ2n) is 4.07. The van der Waals surface area contributed by atoms with Crippen LogP contribution in [-0.2, 0) is 12.8 Å². The zero-order valence-electron chi connectivity index (χ0n) is 9.19. The summed E-state index contributed by atoms with van der Waals surface area (Å²) >= 11 is 5.05. The highest BCUT2D eigenvalue weighted by Crippen LogP contribution is 2.31. The maximum absolute atomic E-state index is 4.25. The smallest absolute Gasteiger partial charge is 0.118 e.